The van der Waals surface area contributed by atoms with E-state index in [1.165, 1.54) is 38.5 Å². The predicted molar refractivity (Wildman–Crippen MR) is 76.2 cm³/mol. The van der Waals surface area contributed by atoms with Crippen molar-refractivity contribution in [3.05, 3.63) is 24.3 Å². The summed E-state index contributed by atoms with van der Waals surface area (Å²) in [7, 11) is 0. The smallest absolute Gasteiger partial charge is 0.120 e. The summed E-state index contributed by atoms with van der Waals surface area (Å²) >= 11 is 0. The fourth-order valence-electron chi connectivity index (χ4n) is 1.69. The number of hydrogen-bond acceptors (Lipinski definition) is 1. The highest BCUT2D eigenvalue weighted by Gasteiger charge is 1.86. The molecule has 0 saturated heterocycles. The molecule has 1 nitrogen and oxygen atoms in total. The third-order valence-electron chi connectivity index (χ3n) is 2.76. The monoisotopic (exact) mass is 236 g/mol. The molecule has 0 bridgehead atoms. The van der Waals surface area contributed by atoms with Crippen LogP contribution in [0.5, 0.6) is 0 Å². The molecule has 0 spiro atoms. The maximum atomic E-state index is 10.1. The molecule has 0 aromatic rings. The van der Waals surface area contributed by atoms with E-state index < -0.39 is 0 Å². The molecular weight excluding hydrogens is 208 g/mol. The minimum Gasteiger partial charge on any atom is -0.303 e. The zero-order chi connectivity index (χ0) is 12.6. The Morgan fingerprint density at radius 3 is 1.76 bits per heavy atom. The third kappa shape index (κ3) is 15.1. The molecule has 17 heavy (non-hydrogen) atoms. The van der Waals surface area contributed by atoms with E-state index in [0.717, 1.165) is 25.5 Å². The largest absolute Gasteiger partial charge is 0.303 e. The summed E-state index contributed by atoms with van der Waals surface area (Å²) < 4.78 is 0. The second kappa shape index (κ2) is 15.1. The van der Waals surface area contributed by atoms with Gasteiger partial charge in [-0.2, -0.15) is 0 Å². The van der Waals surface area contributed by atoms with Crippen molar-refractivity contribution in [2.24, 2.45) is 0 Å². The van der Waals surface area contributed by atoms with Gasteiger partial charge in [0, 0.05) is 6.42 Å². The summed E-state index contributed by atoms with van der Waals surface area (Å²) in [6, 6.07) is 0. The molecule has 0 unspecified atom stereocenters. The van der Waals surface area contributed by atoms with Gasteiger partial charge in [0.1, 0.15) is 6.29 Å². The molecule has 1 heteroatoms. The van der Waals surface area contributed by atoms with E-state index in [1.54, 1.807) is 0 Å². The van der Waals surface area contributed by atoms with Gasteiger partial charge in [0.2, 0.25) is 0 Å². The molecule has 98 valence electrons. The number of carbonyl (C=O) groups is 1. The van der Waals surface area contributed by atoms with Crippen molar-refractivity contribution in [1.82, 2.24) is 0 Å². The first-order valence-electron chi connectivity index (χ1n) is 7.15. The first-order chi connectivity index (χ1) is 8.41. The molecule has 0 aromatic heterocycles. The normalized spacial score (nSPS) is 11.6. The predicted octanol–water partition coefficient (Wildman–Crippen LogP) is 5.22. The summed E-state index contributed by atoms with van der Waals surface area (Å²) in [6.45, 7) is 2.25. The van der Waals surface area contributed by atoms with Gasteiger partial charge in [0.15, 0.2) is 0 Å². The van der Waals surface area contributed by atoms with E-state index in [1.807, 2.05) is 0 Å². The van der Waals surface area contributed by atoms with Crippen LogP contribution in [0, 0.1) is 0 Å². The van der Waals surface area contributed by atoms with Gasteiger partial charge in [-0.05, 0) is 32.1 Å². The number of aldehydes is 1. The lowest BCUT2D eigenvalue weighted by Gasteiger charge is -1.95. The summed E-state index contributed by atoms with van der Waals surface area (Å²) in [5.74, 6) is 0. The van der Waals surface area contributed by atoms with Gasteiger partial charge in [-0.15, -0.1) is 0 Å². The lowest BCUT2D eigenvalue weighted by molar-refractivity contribution is -0.107. The Morgan fingerprint density at radius 1 is 0.647 bits per heavy atom. The summed E-state index contributed by atoms with van der Waals surface area (Å²) in [6.07, 6.45) is 21.7. The first kappa shape index (κ1) is 16.1. The summed E-state index contributed by atoms with van der Waals surface area (Å²) in [4.78, 5) is 10.1. The van der Waals surface area contributed by atoms with E-state index in [-0.39, 0.29) is 0 Å². The van der Waals surface area contributed by atoms with Gasteiger partial charge < -0.3 is 4.79 Å². The molecule has 0 fully saturated rings. The van der Waals surface area contributed by atoms with E-state index in [9.17, 15) is 4.79 Å². The van der Waals surface area contributed by atoms with Crippen LogP contribution in [0.3, 0.4) is 0 Å². The molecule has 0 aliphatic carbocycles. The maximum Gasteiger partial charge on any atom is 0.120 e. The third-order valence-corrected chi connectivity index (χ3v) is 2.76. The molecule has 0 saturated carbocycles. The van der Waals surface area contributed by atoms with Crippen LogP contribution in [0.25, 0.3) is 0 Å². The molecule has 0 heterocycles. The number of hydrogen-bond donors (Lipinski definition) is 0. The van der Waals surface area contributed by atoms with Crippen molar-refractivity contribution in [2.45, 2.75) is 71.1 Å². The molecule has 0 aliphatic rings. The second-order valence-corrected chi connectivity index (χ2v) is 4.47. The Bertz CT molecular complexity index is 204. The molecule has 0 aliphatic heterocycles. The van der Waals surface area contributed by atoms with Gasteiger partial charge in [-0.3, -0.25) is 0 Å². The highest BCUT2D eigenvalue weighted by molar-refractivity contribution is 5.49. The average Bonchev–Trinajstić information content (AvgIpc) is 2.35. The lowest BCUT2D eigenvalue weighted by Crippen LogP contribution is -1.76. The van der Waals surface area contributed by atoms with Crippen LogP contribution in [-0.2, 0) is 4.79 Å². The van der Waals surface area contributed by atoms with Gasteiger partial charge >= 0.3 is 0 Å². The van der Waals surface area contributed by atoms with Gasteiger partial charge in [-0.1, -0.05) is 56.9 Å². The van der Waals surface area contributed by atoms with E-state index in [0.29, 0.717) is 6.42 Å². The van der Waals surface area contributed by atoms with Crippen molar-refractivity contribution in [2.75, 3.05) is 0 Å². The van der Waals surface area contributed by atoms with Crippen LogP contribution in [0.1, 0.15) is 71.1 Å². The molecule has 0 amide bonds. The Hall–Kier alpha value is -0.850. The zero-order valence-corrected chi connectivity index (χ0v) is 11.4. The zero-order valence-electron chi connectivity index (χ0n) is 11.4. The van der Waals surface area contributed by atoms with Crippen LogP contribution in [0.15, 0.2) is 24.3 Å². The van der Waals surface area contributed by atoms with Crippen molar-refractivity contribution in [3.8, 4) is 0 Å². The molecule has 0 aromatic carbocycles. The molecule has 0 atom stereocenters. The Kier molecular flexibility index (Phi) is 14.4. The molecular formula is C16H28O. The Balaban J connectivity index is 3.14. The number of rotatable bonds is 12. The van der Waals surface area contributed by atoms with E-state index in [4.69, 9.17) is 0 Å². The van der Waals surface area contributed by atoms with Crippen molar-refractivity contribution in [1.29, 1.82) is 0 Å². The Labute approximate surface area is 107 Å². The molecule has 0 N–H and O–H groups in total. The van der Waals surface area contributed by atoms with E-state index in [2.05, 4.69) is 31.2 Å². The topological polar surface area (TPSA) is 17.1 Å². The maximum absolute atomic E-state index is 10.1. The van der Waals surface area contributed by atoms with Crippen LogP contribution in [0.2, 0.25) is 0 Å². The van der Waals surface area contributed by atoms with Crippen molar-refractivity contribution < 1.29 is 4.79 Å². The molecule has 0 radical (unpaired) electrons. The average molecular weight is 236 g/mol. The van der Waals surface area contributed by atoms with E-state index >= 15 is 0 Å². The standard InChI is InChI=1S/C16H28O/c1-2-3-4-5-6-7-8-9-10-11-12-13-14-15-16-17/h8-9,12-13,16H,2-7,10-11,14-15H2,1H3/b9-8-,13-12+. The van der Waals surface area contributed by atoms with Crippen LogP contribution >= 0.6 is 0 Å². The number of unbranched alkanes of at least 4 members (excludes halogenated alkanes) is 7. The quantitative estimate of drug-likeness (QED) is 0.258. The first-order valence-corrected chi connectivity index (χ1v) is 7.15. The van der Waals surface area contributed by atoms with Gasteiger partial charge in [0.05, 0.1) is 0 Å². The number of carbonyl (C=O) groups excluding carboxylic acids is 1. The summed E-state index contributed by atoms with van der Waals surface area (Å²) in [5, 5.41) is 0. The SMILES string of the molecule is CCCCCCC/C=C\CC/C=C/CCC=O. The van der Waals surface area contributed by atoms with Gasteiger partial charge in [-0.25, -0.2) is 0 Å². The fourth-order valence-corrected chi connectivity index (χ4v) is 1.69. The van der Waals surface area contributed by atoms with Crippen LogP contribution in [-0.4, -0.2) is 6.29 Å². The highest BCUT2D eigenvalue weighted by Crippen LogP contribution is 2.06. The minimum atomic E-state index is 0.657. The number of allylic oxidation sites excluding steroid dienone is 4. The van der Waals surface area contributed by atoms with Crippen LogP contribution < -0.4 is 0 Å². The lowest BCUT2D eigenvalue weighted by atomic mass is 10.1. The van der Waals surface area contributed by atoms with Crippen molar-refractivity contribution in [3.63, 3.8) is 0 Å². The fraction of sp³-hybridized carbons (Fsp3) is 0.688. The second-order valence-electron chi connectivity index (χ2n) is 4.47. The van der Waals surface area contributed by atoms with Gasteiger partial charge in [0.25, 0.3) is 0 Å². The van der Waals surface area contributed by atoms with Crippen LogP contribution in [0.4, 0.5) is 0 Å². The minimum absolute atomic E-state index is 0.657. The highest BCUT2D eigenvalue weighted by atomic mass is 16.1. The molecule has 0 rings (SSSR count). The Morgan fingerprint density at radius 2 is 1.18 bits per heavy atom. The summed E-state index contributed by atoms with van der Waals surface area (Å²) in [5.41, 5.74) is 0. The van der Waals surface area contributed by atoms with Crippen molar-refractivity contribution >= 4 is 6.29 Å².